The second kappa shape index (κ2) is 5.56. The van der Waals surface area contributed by atoms with Crippen molar-refractivity contribution in [3.63, 3.8) is 0 Å². The zero-order valence-corrected chi connectivity index (χ0v) is 12.8. The Bertz CT molecular complexity index is 871. The van der Waals surface area contributed by atoms with Gasteiger partial charge in [0.2, 0.25) is 0 Å². The van der Waals surface area contributed by atoms with Gasteiger partial charge in [-0.15, -0.1) is 0 Å². The van der Waals surface area contributed by atoms with Gasteiger partial charge >= 0.3 is 0 Å². The van der Waals surface area contributed by atoms with Crippen molar-refractivity contribution in [2.75, 3.05) is 5.32 Å². The van der Waals surface area contributed by atoms with E-state index >= 15 is 0 Å². The van der Waals surface area contributed by atoms with Gasteiger partial charge in [0.05, 0.1) is 16.8 Å². The van der Waals surface area contributed by atoms with Gasteiger partial charge in [0.1, 0.15) is 0 Å². The largest absolute Gasteiger partial charge is 0.322 e. The standard InChI is InChI=1S/C18H17N3O/c1-11-5-4-6-16(12(11)2)21-18(22)15-9-14-10-19-8-7-17(14)20-13(15)3/h4-10H,1-3H3,(H,21,22). The van der Waals surface area contributed by atoms with Gasteiger partial charge in [0.15, 0.2) is 0 Å². The minimum Gasteiger partial charge on any atom is -0.322 e. The van der Waals surface area contributed by atoms with Gasteiger partial charge < -0.3 is 5.32 Å². The summed E-state index contributed by atoms with van der Waals surface area (Å²) in [5, 5.41) is 3.83. The molecule has 0 saturated carbocycles. The molecule has 0 aliphatic carbocycles. The molecule has 0 aliphatic heterocycles. The van der Waals surface area contributed by atoms with Crippen molar-refractivity contribution in [1.82, 2.24) is 9.97 Å². The number of pyridine rings is 2. The van der Waals surface area contributed by atoms with Crippen LogP contribution in [0.25, 0.3) is 10.9 Å². The van der Waals surface area contributed by atoms with Crippen LogP contribution in [0.2, 0.25) is 0 Å². The smallest absolute Gasteiger partial charge is 0.257 e. The molecular weight excluding hydrogens is 274 g/mol. The van der Waals surface area contributed by atoms with Crippen LogP contribution in [-0.2, 0) is 0 Å². The molecule has 2 aromatic heterocycles. The molecule has 1 N–H and O–H groups in total. The number of hydrogen-bond acceptors (Lipinski definition) is 3. The SMILES string of the molecule is Cc1cccc(NC(=O)c2cc3cnccc3nc2C)c1C. The number of anilines is 1. The van der Waals surface area contributed by atoms with Crippen molar-refractivity contribution in [3.05, 3.63) is 65.1 Å². The summed E-state index contributed by atoms with van der Waals surface area (Å²) in [6.07, 6.45) is 3.42. The zero-order valence-electron chi connectivity index (χ0n) is 12.8. The van der Waals surface area contributed by atoms with Crippen LogP contribution in [0, 0.1) is 20.8 Å². The quantitative estimate of drug-likeness (QED) is 0.781. The first kappa shape index (κ1) is 14.2. The lowest BCUT2D eigenvalue weighted by Crippen LogP contribution is -2.15. The summed E-state index contributed by atoms with van der Waals surface area (Å²) in [5.74, 6) is -0.149. The normalized spacial score (nSPS) is 10.7. The lowest BCUT2D eigenvalue weighted by molar-refractivity contribution is 0.102. The molecule has 0 atom stereocenters. The molecule has 0 saturated heterocycles. The first-order valence-corrected chi connectivity index (χ1v) is 7.15. The van der Waals surface area contributed by atoms with Crippen LogP contribution in [0.3, 0.4) is 0 Å². The van der Waals surface area contributed by atoms with E-state index in [9.17, 15) is 4.79 Å². The van der Waals surface area contributed by atoms with Gasteiger partial charge in [-0.2, -0.15) is 0 Å². The number of benzene rings is 1. The number of aromatic nitrogens is 2. The Labute approximate surface area is 129 Å². The molecule has 0 unspecified atom stereocenters. The molecule has 0 aliphatic rings. The molecule has 4 nitrogen and oxygen atoms in total. The van der Waals surface area contributed by atoms with E-state index < -0.39 is 0 Å². The van der Waals surface area contributed by atoms with Crippen molar-refractivity contribution in [2.24, 2.45) is 0 Å². The maximum atomic E-state index is 12.6. The summed E-state index contributed by atoms with van der Waals surface area (Å²) < 4.78 is 0. The molecule has 2 heterocycles. The van der Waals surface area contributed by atoms with Crippen LogP contribution >= 0.6 is 0 Å². The van der Waals surface area contributed by atoms with Crippen molar-refractivity contribution < 1.29 is 4.79 Å². The van der Waals surface area contributed by atoms with Crippen molar-refractivity contribution >= 4 is 22.5 Å². The van der Waals surface area contributed by atoms with E-state index in [0.29, 0.717) is 11.3 Å². The molecule has 0 bridgehead atoms. The van der Waals surface area contributed by atoms with Crippen LogP contribution < -0.4 is 5.32 Å². The van der Waals surface area contributed by atoms with Crippen molar-refractivity contribution in [3.8, 4) is 0 Å². The fraction of sp³-hybridized carbons (Fsp3) is 0.167. The number of rotatable bonds is 2. The summed E-state index contributed by atoms with van der Waals surface area (Å²) in [4.78, 5) is 21.1. The first-order chi connectivity index (χ1) is 10.6. The highest BCUT2D eigenvalue weighted by molar-refractivity contribution is 6.07. The van der Waals surface area contributed by atoms with Crippen molar-refractivity contribution in [1.29, 1.82) is 0 Å². The Hall–Kier alpha value is -2.75. The predicted molar refractivity (Wildman–Crippen MR) is 88.1 cm³/mol. The lowest BCUT2D eigenvalue weighted by atomic mass is 10.1. The topological polar surface area (TPSA) is 54.9 Å². The fourth-order valence-electron chi connectivity index (χ4n) is 2.42. The minimum atomic E-state index is -0.149. The van der Waals surface area contributed by atoms with Gasteiger partial charge in [-0.1, -0.05) is 12.1 Å². The fourth-order valence-corrected chi connectivity index (χ4v) is 2.42. The maximum absolute atomic E-state index is 12.6. The molecule has 22 heavy (non-hydrogen) atoms. The van der Waals surface area contributed by atoms with Crippen LogP contribution in [0.4, 0.5) is 5.69 Å². The van der Waals surface area contributed by atoms with E-state index in [1.807, 2.05) is 51.1 Å². The second-order valence-electron chi connectivity index (χ2n) is 5.39. The number of fused-ring (bicyclic) bond motifs is 1. The van der Waals surface area contributed by atoms with Crippen LogP contribution in [0.15, 0.2) is 42.7 Å². The lowest BCUT2D eigenvalue weighted by Gasteiger charge is -2.12. The van der Waals surface area contributed by atoms with Crippen LogP contribution in [0.1, 0.15) is 27.2 Å². The monoisotopic (exact) mass is 291 g/mol. The highest BCUT2D eigenvalue weighted by atomic mass is 16.1. The highest BCUT2D eigenvalue weighted by Gasteiger charge is 2.13. The number of amides is 1. The number of nitrogens with zero attached hydrogens (tertiary/aromatic N) is 2. The Balaban J connectivity index is 1.98. The molecule has 1 aromatic carbocycles. The van der Waals surface area contributed by atoms with E-state index in [-0.39, 0.29) is 5.91 Å². The number of carbonyl (C=O) groups is 1. The van der Waals surface area contributed by atoms with Gasteiger partial charge in [-0.3, -0.25) is 14.8 Å². The van der Waals surface area contributed by atoms with Gasteiger partial charge in [-0.05, 0) is 50.1 Å². The van der Waals surface area contributed by atoms with Gasteiger partial charge in [0, 0.05) is 23.5 Å². The third-order valence-corrected chi connectivity index (χ3v) is 3.90. The van der Waals surface area contributed by atoms with E-state index in [1.54, 1.807) is 12.4 Å². The zero-order chi connectivity index (χ0) is 15.7. The first-order valence-electron chi connectivity index (χ1n) is 7.15. The minimum absolute atomic E-state index is 0.149. The Morgan fingerprint density at radius 1 is 1.14 bits per heavy atom. The second-order valence-corrected chi connectivity index (χ2v) is 5.39. The summed E-state index contributed by atoms with van der Waals surface area (Å²) in [7, 11) is 0. The Morgan fingerprint density at radius 3 is 2.77 bits per heavy atom. The number of hydrogen-bond donors (Lipinski definition) is 1. The van der Waals surface area contributed by atoms with E-state index in [4.69, 9.17) is 0 Å². The molecular formula is C18H17N3O. The van der Waals surface area contributed by atoms with Gasteiger partial charge in [-0.25, -0.2) is 0 Å². The van der Waals surface area contributed by atoms with Crippen LogP contribution in [-0.4, -0.2) is 15.9 Å². The van der Waals surface area contributed by atoms with Crippen molar-refractivity contribution in [2.45, 2.75) is 20.8 Å². The van der Waals surface area contributed by atoms with E-state index in [0.717, 1.165) is 27.7 Å². The summed E-state index contributed by atoms with van der Waals surface area (Å²) >= 11 is 0. The summed E-state index contributed by atoms with van der Waals surface area (Å²) in [6, 6.07) is 9.55. The molecule has 0 fully saturated rings. The van der Waals surface area contributed by atoms with Gasteiger partial charge in [0.25, 0.3) is 5.91 Å². The molecule has 3 aromatic rings. The third-order valence-electron chi connectivity index (χ3n) is 3.90. The molecule has 0 radical (unpaired) electrons. The molecule has 0 spiro atoms. The Morgan fingerprint density at radius 2 is 1.95 bits per heavy atom. The maximum Gasteiger partial charge on any atom is 0.257 e. The van der Waals surface area contributed by atoms with Crippen LogP contribution in [0.5, 0.6) is 0 Å². The summed E-state index contributed by atoms with van der Waals surface area (Å²) in [5.41, 5.74) is 5.17. The van der Waals surface area contributed by atoms with E-state index in [1.165, 1.54) is 0 Å². The molecule has 1 amide bonds. The molecule has 4 heteroatoms. The molecule has 3 rings (SSSR count). The number of aryl methyl sites for hydroxylation is 2. The Kier molecular flexibility index (Phi) is 3.59. The average molecular weight is 291 g/mol. The summed E-state index contributed by atoms with van der Waals surface area (Å²) in [6.45, 7) is 5.87. The predicted octanol–water partition coefficient (Wildman–Crippen LogP) is 3.81. The average Bonchev–Trinajstić information content (AvgIpc) is 2.51. The van der Waals surface area contributed by atoms with E-state index in [2.05, 4.69) is 15.3 Å². The molecule has 110 valence electrons. The third kappa shape index (κ3) is 2.55. The highest BCUT2D eigenvalue weighted by Crippen LogP contribution is 2.21. The number of nitrogens with one attached hydrogen (secondary N) is 1. The number of carbonyl (C=O) groups excluding carboxylic acids is 1.